The molecule has 0 aliphatic carbocycles. The Kier molecular flexibility index (Phi) is 5.13. The van der Waals surface area contributed by atoms with E-state index in [0.717, 1.165) is 6.20 Å². The van der Waals surface area contributed by atoms with Gasteiger partial charge in [0.2, 0.25) is 5.95 Å². The van der Waals surface area contributed by atoms with Gasteiger partial charge in [-0.15, -0.1) is 5.10 Å². The van der Waals surface area contributed by atoms with Gasteiger partial charge in [0.05, 0.1) is 12.2 Å². The van der Waals surface area contributed by atoms with E-state index < -0.39 is 5.82 Å². The number of pyridine rings is 1. The highest BCUT2D eigenvalue weighted by atomic mass is 19.1. The lowest BCUT2D eigenvalue weighted by Gasteiger charge is -2.37. The van der Waals surface area contributed by atoms with Crippen molar-refractivity contribution in [3.05, 3.63) is 47.9 Å². The van der Waals surface area contributed by atoms with Gasteiger partial charge in [0.25, 0.3) is 0 Å². The van der Waals surface area contributed by atoms with Crippen LogP contribution in [0.15, 0.2) is 35.8 Å². The highest BCUT2D eigenvalue weighted by Crippen LogP contribution is 2.29. The maximum atomic E-state index is 13.6. The van der Waals surface area contributed by atoms with Gasteiger partial charge in [-0.2, -0.15) is 14.8 Å². The van der Waals surface area contributed by atoms with Gasteiger partial charge >= 0.3 is 6.03 Å². The molecule has 1 fully saturated rings. The van der Waals surface area contributed by atoms with Crippen LogP contribution in [0.2, 0.25) is 0 Å². The molecule has 5 heterocycles. The van der Waals surface area contributed by atoms with E-state index in [1.807, 2.05) is 4.90 Å². The molecular weight excluding hydrogens is 417 g/mol. The van der Waals surface area contributed by atoms with Crippen LogP contribution in [0.4, 0.5) is 15.1 Å². The molecule has 3 aromatic heterocycles. The molecule has 12 nitrogen and oxygen atoms in total. The number of aromatic nitrogens is 7. The zero-order valence-corrected chi connectivity index (χ0v) is 17.3. The van der Waals surface area contributed by atoms with Crippen molar-refractivity contribution < 1.29 is 9.18 Å². The predicted octanol–water partition coefficient (Wildman–Crippen LogP) is 0.970. The van der Waals surface area contributed by atoms with Crippen LogP contribution in [-0.4, -0.2) is 83.5 Å². The summed E-state index contributed by atoms with van der Waals surface area (Å²) < 4.78 is 15.1. The number of carbonyl (C=O) groups excluding carboxylic acids is 1. The summed E-state index contributed by atoms with van der Waals surface area (Å²) in [6.45, 7) is 3.88. The van der Waals surface area contributed by atoms with Crippen LogP contribution in [0.5, 0.6) is 0 Å². The molecule has 0 radical (unpaired) electrons. The van der Waals surface area contributed by atoms with Crippen LogP contribution in [-0.2, 0) is 0 Å². The fourth-order valence-corrected chi connectivity index (χ4v) is 3.78. The second kappa shape index (κ2) is 8.24. The van der Waals surface area contributed by atoms with Crippen LogP contribution in [0.3, 0.4) is 0 Å². The summed E-state index contributed by atoms with van der Waals surface area (Å²) in [5.74, 6) is 1.31. The second-order valence-electron chi connectivity index (χ2n) is 7.44. The Morgan fingerprint density at radius 1 is 1.19 bits per heavy atom. The number of carbonyl (C=O) groups is 1. The number of hydrogen-bond acceptors (Lipinski definition) is 9. The van der Waals surface area contributed by atoms with Gasteiger partial charge in [-0.3, -0.25) is 4.98 Å². The zero-order valence-electron chi connectivity index (χ0n) is 17.3. The number of hydrazone groups is 1. The Balaban J connectivity index is 1.25. The van der Waals surface area contributed by atoms with Crippen molar-refractivity contribution >= 4 is 18.2 Å². The molecular formula is C19H20FN11O. The number of aryl methyl sites for hydroxylation is 1. The molecule has 2 amide bonds. The first-order valence-corrected chi connectivity index (χ1v) is 10.1. The second-order valence-corrected chi connectivity index (χ2v) is 7.44. The van der Waals surface area contributed by atoms with Gasteiger partial charge in [-0.1, -0.05) is 0 Å². The molecule has 5 rings (SSSR count). The molecule has 1 unspecified atom stereocenters. The van der Waals surface area contributed by atoms with Crippen molar-refractivity contribution in [1.82, 2.24) is 45.1 Å². The molecule has 0 bridgehead atoms. The zero-order chi connectivity index (χ0) is 22.1. The smallest absolute Gasteiger partial charge is 0.337 e. The van der Waals surface area contributed by atoms with Crippen LogP contribution in [0.25, 0.3) is 5.82 Å². The molecule has 0 aromatic carbocycles. The molecule has 3 aromatic rings. The number of anilines is 1. The topological polar surface area (TPSA) is 121 Å². The summed E-state index contributed by atoms with van der Waals surface area (Å²) in [5, 5.41) is 17.1. The summed E-state index contributed by atoms with van der Waals surface area (Å²) in [5.41, 5.74) is 0.623. The lowest BCUT2D eigenvalue weighted by atomic mass is 10.1. The third-order valence-electron chi connectivity index (χ3n) is 5.44. The molecule has 1 atom stereocenters. The monoisotopic (exact) mass is 437 g/mol. The highest BCUT2D eigenvalue weighted by Gasteiger charge is 2.33. The molecule has 0 saturated carbocycles. The molecule has 164 valence electrons. The SMILES string of the molecule is Cc1nnnn1-c1ccnc(N2CCN(C(=O)N3N=CCC3c3cncc(F)c3)CC2)n1. The van der Waals surface area contributed by atoms with Crippen molar-refractivity contribution in [1.29, 1.82) is 0 Å². The van der Waals surface area contributed by atoms with Crippen molar-refractivity contribution in [2.24, 2.45) is 5.10 Å². The van der Waals surface area contributed by atoms with Crippen LogP contribution in [0.1, 0.15) is 23.9 Å². The fourth-order valence-electron chi connectivity index (χ4n) is 3.78. The summed E-state index contributed by atoms with van der Waals surface area (Å²) in [4.78, 5) is 29.7. The molecule has 2 aliphatic heterocycles. The Hall–Kier alpha value is -4.03. The summed E-state index contributed by atoms with van der Waals surface area (Å²) in [6.07, 6.45) is 6.56. The number of hydrogen-bond donors (Lipinski definition) is 0. The molecule has 32 heavy (non-hydrogen) atoms. The maximum absolute atomic E-state index is 13.6. The van der Waals surface area contributed by atoms with E-state index >= 15 is 0 Å². The van der Waals surface area contributed by atoms with Gasteiger partial charge in [0.1, 0.15) is 5.82 Å². The first-order valence-electron chi connectivity index (χ1n) is 10.1. The lowest BCUT2D eigenvalue weighted by Crippen LogP contribution is -2.52. The summed E-state index contributed by atoms with van der Waals surface area (Å²) >= 11 is 0. The van der Waals surface area contributed by atoms with E-state index in [0.29, 0.717) is 55.8 Å². The number of rotatable bonds is 3. The number of nitrogens with zero attached hydrogens (tertiary/aromatic N) is 11. The average Bonchev–Trinajstić information content (AvgIpc) is 3.48. The minimum atomic E-state index is -0.436. The van der Waals surface area contributed by atoms with Crippen molar-refractivity contribution in [2.45, 2.75) is 19.4 Å². The van der Waals surface area contributed by atoms with Crippen molar-refractivity contribution in [3.8, 4) is 5.82 Å². The van der Waals surface area contributed by atoms with Gasteiger partial charge in [0, 0.05) is 57.3 Å². The maximum Gasteiger partial charge on any atom is 0.341 e. The van der Waals surface area contributed by atoms with Crippen LogP contribution < -0.4 is 4.90 Å². The molecule has 0 N–H and O–H groups in total. The van der Waals surface area contributed by atoms with E-state index in [1.165, 1.54) is 15.8 Å². The Bertz CT molecular complexity index is 1160. The largest absolute Gasteiger partial charge is 0.341 e. The van der Waals surface area contributed by atoms with Crippen LogP contribution >= 0.6 is 0 Å². The molecule has 13 heteroatoms. The quantitative estimate of drug-likeness (QED) is 0.594. The Morgan fingerprint density at radius 3 is 2.78 bits per heavy atom. The normalized spacial score (nSPS) is 18.4. The molecule has 2 aliphatic rings. The first-order chi connectivity index (χ1) is 15.6. The van der Waals surface area contributed by atoms with E-state index in [4.69, 9.17) is 0 Å². The lowest BCUT2D eigenvalue weighted by molar-refractivity contribution is 0.139. The van der Waals surface area contributed by atoms with Gasteiger partial charge in [-0.05, 0) is 29.0 Å². The van der Waals surface area contributed by atoms with Gasteiger partial charge in [-0.25, -0.2) is 19.2 Å². The number of piperazine rings is 1. The van der Waals surface area contributed by atoms with Gasteiger partial charge < -0.3 is 9.80 Å². The fraction of sp³-hybridized carbons (Fsp3) is 0.368. The van der Waals surface area contributed by atoms with Gasteiger partial charge in [0.15, 0.2) is 11.6 Å². The van der Waals surface area contributed by atoms with Crippen LogP contribution in [0, 0.1) is 12.7 Å². The van der Waals surface area contributed by atoms with E-state index in [-0.39, 0.29) is 12.1 Å². The molecule has 1 saturated heterocycles. The number of halogens is 1. The van der Waals surface area contributed by atoms with E-state index in [9.17, 15) is 9.18 Å². The third kappa shape index (κ3) is 3.72. The van der Waals surface area contributed by atoms with Crippen molar-refractivity contribution in [2.75, 3.05) is 31.1 Å². The Morgan fingerprint density at radius 2 is 2.03 bits per heavy atom. The predicted molar refractivity (Wildman–Crippen MR) is 111 cm³/mol. The van der Waals surface area contributed by atoms with Crippen molar-refractivity contribution in [3.63, 3.8) is 0 Å². The third-order valence-corrected chi connectivity index (χ3v) is 5.44. The van der Waals surface area contributed by atoms with E-state index in [1.54, 1.807) is 36.5 Å². The van der Waals surface area contributed by atoms with E-state index in [2.05, 4.69) is 35.6 Å². The minimum absolute atomic E-state index is 0.216. The average molecular weight is 437 g/mol. The number of amides is 2. The summed E-state index contributed by atoms with van der Waals surface area (Å²) in [7, 11) is 0. The summed E-state index contributed by atoms with van der Waals surface area (Å²) in [6, 6.07) is 2.55. The number of urea groups is 1. The number of tetrazole rings is 1. The minimum Gasteiger partial charge on any atom is -0.337 e. The Labute approximate surface area is 182 Å². The first kappa shape index (κ1) is 19.9. The molecule has 0 spiro atoms. The highest BCUT2D eigenvalue weighted by molar-refractivity contribution is 5.78. The standard InChI is InChI=1S/C19H20FN11O/c1-13-25-26-27-30(13)17-3-4-22-18(24-17)28-6-8-29(9-7-28)19(32)31-16(2-5-23-31)14-10-15(20)12-21-11-14/h3-5,10-12,16H,2,6-9H2,1H3.